The molecule has 0 bridgehead atoms. The van der Waals surface area contributed by atoms with Crippen LogP contribution in [0.1, 0.15) is 65.0 Å². The van der Waals surface area contributed by atoms with Crippen LogP contribution in [0.2, 0.25) is 0 Å². The number of benzene rings is 1. The number of carbonyl (C=O) groups excluding carboxylic acids is 2. The van der Waals surface area contributed by atoms with Gasteiger partial charge in [-0.15, -0.1) is 0 Å². The Morgan fingerprint density at radius 1 is 1.19 bits per heavy atom. The molecule has 11 heteroatoms. The molecule has 1 atom stereocenters. The van der Waals surface area contributed by atoms with Crippen LogP contribution in [0.25, 0.3) is 0 Å². The predicted octanol–water partition coefficient (Wildman–Crippen LogP) is 4.47. The molecule has 196 valence electrons. The van der Waals surface area contributed by atoms with Crippen LogP contribution in [-0.4, -0.2) is 51.7 Å². The quantitative estimate of drug-likeness (QED) is 0.495. The summed E-state index contributed by atoms with van der Waals surface area (Å²) in [6.45, 7) is 0.739. The Morgan fingerprint density at radius 3 is 2.61 bits per heavy atom. The molecule has 0 spiro atoms. The summed E-state index contributed by atoms with van der Waals surface area (Å²) in [6.07, 6.45) is -0.649. The van der Waals surface area contributed by atoms with Crippen molar-refractivity contribution in [3.8, 4) is 0 Å². The van der Waals surface area contributed by atoms with Gasteiger partial charge in [0.05, 0.1) is 22.7 Å². The number of aromatic nitrogens is 1. The van der Waals surface area contributed by atoms with E-state index >= 15 is 0 Å². The number of carbonyl (C=O) groups is 2. The van der Waals surface area contributed by atoms with Crippen LogP contribution in [0.4, 0.5) is 17.6 Å². The molecular weight excluding hydrogens is 498 g/mol. The maximum absolute atomic E-state index is 12.9. The lowest BCUT2D eigenvalue weighted by molar-refractivity contribution is -0.137. The van der Waals surface area contributed by atoms with E-state index in [-0.39, 0.29) is 23.8 Å². The van der Waals surface area contributed by atoms with Crippen molar-refractivity contribution < 1.29 is 32.3 Å². The molecule has 1 aromatic carbocycles. The van der Waals surface area contributed by atoms with E-state index in [2.05, 4.69) is 14.6 Å². The normalized spacial score (nSPS) is 25.1. The Morgan fingerprint density at radius 2 is 1.94 bits per heavy atom. The second kappa shape index (κ2) is 10.9. The summed E-state index contributed by atoms with van der Waals surface area (Å²) in [5, 5.41) is 13.5. The standard InChI is InChI=1S/C25H29F4N3O3S/c26-13-19-12-22(36-31-19)24(35)7-4-20(5-8-24)32-9-6-16(15-32)10-21(33)14-30-23(34)17-2-1-3-18(11-17)25(27,28)29/h1-3,11-12,16,20,35H,4-10,13-15H2,(H,30,34)/t16-,20?,24?/m0/s1. The highest BCUT2D eigenvalue weighted by Crippen LogP contribution is 2.41. The van der Waals surface area contributed by atoms with Gasteiger partial charge in [0.2, 0.25) is 0 Å². The summed E-state index contributed by atoms with van der Waals surface area (Å²) < 4.78 is 55.4. The maximum Gasteiger partial charge on any atom is 0.416 e. The number of hydrogen-bond donors (Lipinski definition) is 2. The third-order valence-corrected chi connectivity index (χ3v) is 8.21. The first-order valence-electron chi connectivity index (χ1n) is 12.0. The summed E-state index contributed by atoms with van der Waals surface area (Å²) in [5.74, 6) is -0.719. The van der Waals surface area contributed by atoms with Gasteiger partial charge in [-0.1, -0.05) is 6.07 Å². The zero-order chi connectivity index (χ0) is 25.9. The number of nitrogens with one attached hydrogen (secondary N) is 1. The molecule has 1 aromatic heterocycles. The third-order valence-electron chi connectivity index (χ3n) is 7.19. The topological polar surface area (TPSA) is 82.5 Å². The van der Waals surface area contributed by atoms with E-state index in [0.29, 0.717) is 35.9 Å². The Labute approximate surface area is 210 Å². The van der Waals surface area contributed by atoms with E-state index in [1.165, 1.54) is 6.07 Å². The molecule has 2 aliphatic rings. The van der Waals surface area contributed by atoms with Crippen molar-refractivity contribution in [1.29, 1.82) is 0 Å². The Hall–Kier alpha value is -2.37. The van der Waals surface area contributed by atoms with Crippen LogP contribution in [0.5, 0.6) is 0 Å². The summed E-state index contributed by atoms with van der Waals surface area (Å²) >= 11 is 1.16. The smallest absolute Gasteiger partial charge is 0.384 e. The molecule has 2 fully saturated rings. The number of nitrogens with zero attached hydrogens (tertiary/aromatic N) is 2. The van der Waals surface area contributed by atoms with Gasteiger partial charge in [0.25, 0.3) is 5.91 Å². The van der Waals surface area contributed by atoms with Crippen molar-refractivity contribution in [1.82, 2.24) is 14.6 Å². The molecule has 6 nitrogen and oxygen atoms in total. The fraction of sp³-hybridized carbons (Fsp3) is 0.560. The number of aliphatic hydroxyl groups is 1. The van der Waals surface area contributed by atoms with Gasteiger partial charge in [-0.3, -0.25) is 9.59 Å². The molecule has 1 saturated heterocycles. The Bertz CT molecular complexity index is 1080. The van der Waals surface area contributed by atoms with Crippen LogP contribution in [-0.2, 0) is 23.2 Å². The number of hydrogen-bond acceptors (Lipinski definition) is 6. The third kappa shape index (κ3) is 6.30. The van der Waals surface area contributed by atoms with Gasteiger partial charge in [-0.2, -0.15) is 17.5 Å². The molecule has 2 aromatic rings. The highest BCUT2D eigenvalue weighted by atomic mass is 32.1. The van der Waals surface area contributed by atoms with E-state index in [1.54, 1.807) is 6.07 Å². The minimum Gasteiger partial charge on any atom is -0.384 e. The van der Waals surface area contributed by atoms with Gasteiger partial charge >= 0.3 is 6.18 Å². The first kappa shape index (κ1) is 26.7. The number of amides is 1. The molecule has 1 aliphatic carbocycles. The molecule has 0 unspecified atom stereocenters. The first-order chi connectivity index (χ1) is 17.1. The molecule has 2 N–H and O–H groups in total. The number of halogens is 4. The van der Waals surface area contributed by atoms with Gasteiger partial charge in [0.1, 0.15) is 12.3 Å². The average molecular weight is 528 g/mol. The van der Waals surface area contributed by atoms with Crippen molar-refractivity contribution >= 4 is 23.2 Å². The minimum atomic E-state index is -4.54. The van der Waals surface area contributed by atoms with Crippen LogP contribution < -0.4 is 5.32 Å². The molecule has 36 heavy (non-hydrogen) atoms. The first-order valence-corrected chi connectivity index (χ1v) is 12.8. The molecular formula is C25H29F4N3O3S. The van der Waals surface area contributed by atoms with Gasteiger partial charge in [-0.05, 0) is 80.4 Å². The van der Waals surface area contributed by atoms with Crippen molar-refractivity contribution in [3.63, 3.8) is 0 Å². The molecule has 1 aliphatic heterocycles. The zero-order valence-corrected chi connectivity index (χ0v) is 20.5. The average Bonchev–Trinajstić information content (AvgIpc) is 3.53. The van der Waals surface area contributed by atoms with Crippen molar-refractivity contribution in [3.05, 3.63) is 52.0 Å². The summed E-state index contributed by atoms with van der Waals surface area (Å²) in [5.41, 5.74) is -1.66. The van der Waals surface area contributed by atoms with Crippen LogP contribution in [0.3, 0.4) is 0 Å². The Balaban J connectivity index is 1.21. The molecule has 4 rings (SSSR count). The fourth-order valence-electron chi connectivity index (χ4n) is 5.16. The van der Waals surface area contributed by atoms with E-state index in [4.69, 9.17) is 0 Å². The number of likely N-dealkylation sites (tertiary alicyclic amines) is 1. The summed E-state index contributed by atoms with van der Waals surface area (Å²) in [7, 11) is 0. The van der Waals surface area contributed by atoms with E-state index in [9.17, 15) is 32.3 Å². The predicted molar refractivity (Wildman–Crippen MR) is 126 cm³/mol. The van der Waals surface area contributed by atoms with Gasteiger partial charge in [0.15, 0.2) is 5.78 Å². The van der Waals surface area contributed by atoms with Crippen LogP contribution in [0, 0.1) is 5.92 Å². The lowest BCUT2D eigenvalue weighted by Gasteiger charge is -2.39. The van der Waals surface area contributed by atoms with Crippen molar-refractivity contribution in [2.24, 2.45) is 5.92 Å². The van der Waals surface area contributed by atoms with E-state index in [0.717, 1.165) is 62.1 Å². The molecule has 2 heterocycles. The van der Waals surface area contributed by atoms with Crippen LogP contribution >= 0.6 is 11.5 Å². The van der Waals surface area contributed by atoms with Crippen LogP contribution in [0.15, 0.2) is 30.3 Å². The lowest BCUT2D eigenvalue weighted by Crippen LogP contribution is -2.41. The fourth-order valence-corrected chi connectivity index (χ4v) is 6.04. The SMILES string of the molecule is O=C(CNC(=O)c1cccc(C(F)(F)F)c1)C[C@@H]1CCN(C2CCC(O)(c3cc(CF)ns3)CC2)C1. The second-order valence-corrected chi connectivity index (χ2v) is 10.5. The summed E-state index contributed by atoms with van der Waals surface area (Å²) in [4.78, 5) is 27.7. The summed E-state index contributed by atoms with van der Waals surface area (Å²) in [6, 6.07) is 6.06. The van der Waals surface area contributed by atoms with Gasteiger partial charge in [0, 0.05) is 24.6 Å². The lowest BCUT2D eigenvalue weighted by atomic mass is 9.80. The minimum absolute atomic E-state index is 0.138. The Kier molecular flexibility index (Phi) is 8.11. The highest BCUT2D eigenvalue weighted by Gasteiger charge is 2.40. The molecule has 1 saturated carbocycles. The maximum atomic E-state index is 12.9. The zero-order valence-electron chi connectivity index (χ0n) is 19.7. The van der Waals surface area contributed by atoms with Gasteiger partial charge < -0.3 is 15.3 Å². The number of Topliss-reactive ketones (excluding diaryl/α,β-unsaturated/α-hetero) is 1. The molecule has 1 amide bonds. The number of rotatable bonds is 8. The van der Waals surface area contributed by atoms with Crippen molar-refractivity contribution in [2.45, 2.75) is 63.0 Å². The van der Waals surface area contributed by atoms with E-state index in [1.807, 2.05) is 0 Å². The highest BCUT2D eigenvalue weighted by molar-refractivity contribution is 7.06. The number of ketones is 1. The number of alkyl halides is 4. The van der Waals surface area contributed by atoms with E-state index < -0.39 is 29.9 Å². The largest absolute Gasteiger partial charge is 0.416 e. The second-order valence-electron chi connectivity index (χ2n) is 9.73. The van der Waals surface area contributed by atoms with Gasteiger partial charge in [-0.25, -0.2) is 4.39 Å². The van der Waals surface area contributed by atoms with Crippen molar-refractivity contribution in [2.75, 3.05) is 19.6 Å². The monoisotopic (exact) mass is 527 g/mol. The molecule has 0 radical (unpaired) electrons.